The number of hydrogen-bond donors (Lipinski definition) is 1. The van der Waals surface area contributed by atoms with Gasteiger partial charge in [0.1, 0.15) is 5.75 Å². The van der Waals surface area contributed by atoms with Gasteiger partial charge in [-0.05, 0) is 23.8 Å². The minimum absolute atomic E-state index is 0.120. The molecule has 1 heterocycles. The molecule has 3 aromatic rings. The smallest absolute Gasteiger partial charge is 0.396 e. The van der Waals surface area contributed by atoms with Crippen LogP contribution in [0.3, 0.4) is 0 Å². The van der Waals surface area contributed by atoms with Gasteiger partial charge in [0, 0.05) is 16.1 Å². The van der Waals surface area contributed by atoms with Crippen LogP contribution >= 0.6 is 27.3 Å². The molecular formula is C13H7BrO3S. The number of phenolic OH excluding ortho intramolecular Hbond substituents is 1. The Morgan fingerprint density at radius 2 is 2.06 bits per heavy atom. The Bertz CT molecular complexity index is 788. The van der Waals surface area contributed by atoms with Crippen LogP contribution < -0.4 is 4.94 Å². The zero-order valence-corrected chi connectivity index (χ0v) is 11.4. The fourth-order valence-corrected chi connectivity index (χ4v) is 2.96. The maximum absolute atomic E-state index is 11.3. The average Bonchev–Trinajstić information content (AvgIpc) is 2.68. The minimum Gasteiger partial charge on any atom is -0.508 e. The first-order chi connectivity index (χ1) is 8.63. The second kappa shape index (κ2) is 4.26. The highest BCUT2D eigenvalue weighted by atomic mass is 79.9. The van der Waals surface area contributed by atoms with Crippen molar-refractivity contribution in [1.29, 1.82) is 0 Å². The molecule has 0 aliphatic rings. The molecule has 0 unspecified atom stereocenters. The number of hydrogen-bond acceptors (Lipinski definition) is 4. The van der Waals surface area contributed by atoms with Gasteiger partial charge in [-0.25, -0.2) is 4.79 Å². The molecule has 0 fully saturated rings. The van der Waals surface area contributed by atoms with E-state index in [2.05, 4.69) is 15.9 Å². The molecule has 5 heteroatoms. The molecule has 0 radical (unpaired) electrons. The van der Waals surface area contributed by atoms with Crippen molar-refractivity contribution in [2.24, 2.45) is 0 Å². The van der Waals surface area contributed by atoms with Crippen LogP contribution in [0.25, 0.3) is 21.4 Å². The van der Waals surface area contributed by atoms with Crippen molar-refractivity contribution in [2.45, 2.75) is 0 Å². The summed E-state index contributed by atoms with van der Waals surface area (Å²) in [6.45, 7) is 0. The summed E-state index contributed by atoms with van der Waals surface area (Å²) in [5.74, 6) is 0.120. The summed E-state index contributed by atoms with van der Waals surface area (Å²) >= 11 is 4.38. The number of rotatable bonds is 1. The molecule has 0 amide bonds. The second-order valence-corrected chi connectivity index (χ2v) is 5.68. The van der Waals surface area contributed by atoms with Crippen molar-refractivity contribution in [3.63, 3.8) is 0 Å². The lowest BCUT2D eigenvalue weighted by Gasteiger charge is -2.03. The quantitative estimate of drug-likeness (QED) is 0.737. The number of halogens is 1. The van der Waals surface area contributed by atoms with Crippen LogP contribution in [-0.2, 0) is 0 Å². The van der Waals surface area contributed by atoms with E-state index in [1.807, 2.05) is 24.3 Å². The zero-order valence-electron chi connectivity index (χ0n) is 9.01. The van der Waals surface area contributed by atoms with Crippen LogP contribution in [0.2, 0.25) is 0 Å². The van der Waals surface area contributed by atoms with Gasteiger partial charge >= 0.3 is 4.94 Å². The van der Waals surface area contributed by atoms with E-state index in [1.165, 1.54) is 6.07 Å². The SMILES string of the molecule is O=c1oc2c(-c3cccc(Br)c3)cc(O)cc2s1. The predicted octanol–water partition coefficient (Wildman–Crippen LogP) is 3.99. The Morgan fingerprint density at radius 1 is 1.22 bits per heavy atom. The molecule has 0 atom stereocenters. The molecule has 0 saturated carbocycles. The van der Waals surface area contributed by atoms with Gasteiger partial charge in [-0.3, -0.25) is 0 Å². The first-order valence-electron chi connectivity index (χ1n) is 5.16. The van der Waals surface area contributed by atoms with Crippen LogP contribution in [0.15, 0.2) is 50.1 Å². The Hall–Kier alpha value is -1.59. The second-order valence-electron chi connectivity index (χ2n) is 3.79. The van der Waals surface area contributed by atoms with Crippen molar-refractivity contribution < 1.29 is 9.52 Å². The first kappa shape index (κ1) is 11.5. The monoisotopic (exact) mass is 322 g/mol. The highest BCUT2D eigenvalue weighted by Gasteiger charge is 2.12. The maximum atomic E-state index is 11.3. The molecule has 0 spiro atoms. The molecule has 0 aliphatic carbocycles. The van der Waals surface area contributed by atoms with Crippen molar-refractivity contribution in [3.8, 4) is 16.9 Å². The molecule has 0 saturated heterocycles. The van der Waals surface area contributed by atoms with Crippen molar-refractivity contribution in [2.75, 3.05) is 0 Å². The average molecular weight is 323 g/mol. The third kappa shape index (κ3) is 1.95. The number of benzene rings is 2. The van der Waals surface area contributed by atoms with Crippen LogP contribution in [0.5, 0.6) is 5.75 Å². The largest absolute Gasteiger partial charge is 0.508 e. The van der Waals surface area contributed by atoms with Gasteiger partial charge in [-0.15, -0.1) is 0 Å². The van der Waals surface area contributed by atoms with Crippen LogP contribution in [-0.4, -0.2) is 5.11 Å². The highest BCUT2D eigenvalue weighted by molar-refractivity contribution is 9.10. The van der Waals surface area contributed by atoms with E-state index in [0.29, 0.717) is 15.8 Å². The van der Waals surface area contributed by atoms with Gasteiger partial charge < -0.3 is 9.52 Å². The van der Waals surface area contributed by atoms with E-state index >= 15 is 0 Å². The number of phenols is 1. The van der Waals surface area contributed by atoms with Gasteiger partial charge in [-0.2, -0.15) is 0 Å². The summed E-state index contributed by atoms with van der Waals surface area (Å²) in [4.78, 5) is 10.9. The summed E-state index contributed by atoms with van der Waals surface area (Å²) in [5.41, 5.74) is 2.11. The Morgan fingerprint density at radius 3 is 2.83 bits per heavy atom. The summed E-state index contributed by atoms with van der Waals surface area (Å²) in [7, 11) is 0. The minimum atomic E-state index is -0.369. The van der Waals surface area contributed by atoms with Crippen molar-refractivity contribution in [1.82, 2.24) is 0 Å². The molecule has 0 bridgehead atoms. The summed E-state index contributed by atoms with van der Waals surface area (Å²) < 4.78 is 6.76. The Kier molecular flexibility index (Phi) is 2.72. The van der Waals surface area contributed by atoms with E-state index in [4.69, 9.17) is 4.42 Å². The molecule has 1 N–H and O–H groups in total. The van der Waals surface area contributed by atoms with E-state index in [1.54, 1.807) is 6.07 Å². The van der Waals surface area contributed by atoms with E-state index in [9.17, 15) is 9.90 Å². The van der Waals surface area contributed by atoms with Gasteiger partial charge in [0.2, 0.25) is 0 Å². The van der Waals surface area contributed by atoms with Crippen LogP contribution in [0.4, 0.5) is 0 Å². The normalized spacial score (nSPS) is 10.9. The highest BCUT2D eigenvalue weighted by Crippen LogP contribution is 2.34. The molecular weight excluding hydrogens is 316 g/mol. The lowest BCUT2D eigenvalue weighted by molar-refractivity contribution is 0.476. The van der Waals surface area contributed by atoms with Gasteiger partial charge in [0.25, 0.3) is 0 Å². The fraction of sp³-hybridized carbons (Fsp3) is 0. The van der Waals surface area contributed by atoms with Gasteiger partial charge in [0.05, 0.1) is 4.70 Å². The van der Waals surface area contributed by atoms with E-state index in [-0.39, 0.29) is 10.7 Å². The topological polar surface area (TPSA) is 50.4 Å². The van der Waals surface area contributed by atoms with Gasteiger partial charge in [-0.1, -0.05) is 39.4 Å². The molecule has 3 rings (SSSR count). The van der Waals surface area contributed by atoms with Crippen LogP contribution in [0.1, 0.15) is 0 Å². The van der Waals surface area contributed by atoms with E-state index in [0.717, 1.165) is 21.4 Å². The summed E-state index contributed by atoms with van der Waals surface area (Å²) in [6.07, 6.45) is 0. The molecule has 18 heavy (non-hydrogen) atoms. The lowest BCUT2D eigenvalue weighted by Crippen LogP contribution is -1.82. The standard InChI is InChI=1S/C13H7BrO3S/c14-8-3-1-2-7(4-8)10-5-9(15)6-11-12(10)17-13(16)18-11/h1-6,15H. The first-order valence-corrected chi connectivity index (χ1v) is 6.77. The fourth-order valence-electron chi connectivity index (χ4n) is 1.83. The Labute approximate surface area is 114 Å². The summed E-state index contributed by atoms with van der Waals surface area (Å²) in [6, 6.07) is 10.7. The lowest BCUT2D eigenvalue weighted by atomic mass is 10.1. The Balaban J connectivity index is 2.37. The van der Waals surface area contributed by atoms with Crippen LogP contribution in [0, 0.1) is 0 Å². The maximum Gasteiger partial charge on any atom is 0.396 e. The molecule has 1 aromatic heterocycles. The predicted molar refractivity (Wildman–Crippen MR) is 75.2 cm³/mol. The van der Waals surface area contributed by atoms with Crippen molar-refractivity contribution in [3.05, 3.63) is 50.6 Å². The third-order valence-electron chi connectivity index (χ3n) is 2.55. The van der Waals surface area contributed by atoms with Crippen molar-refractivity contribution >= 4 is 37.5 Å². The molecule has 2 aromatic carbocycles. The molecule has 3 nitrogen and oxygen atoms in total. The number of fused-ring (bicyclic) bond motifs is 1. The number of aromatic hydroxyl groups is 1. The molecule has 90 valence electrons. The summed E-state index contributed by atoms with van der Waals surface area (Å²) in [5, 5.41) is 9.70. The zero-order chi connectivity index (χ0) is 12.7. The van der Waals surface area contributed by atoms with E-state index < -0.39 is 0 Å². The van der Waals surface area contributed by atoms with Gasteiger partial charge in [0.15, 0.2) is 5.58 Å². The molecule has 0 aliphatic heterocycles. The third-order valence-corrected chi connectivity index (χ3v) is 3.82.